The van der Waals surface area contributed by atoms with Gasteiger partial charge in [-0.3, -0.25) is 9.69 Å². The van der Waals surface area contributed by atoms with Gasteiger partial charge in [0.15, 0.2) is 5.76 Å². The first-order chi connectivity index (χ1) is 16.2. The Balaban J connectivity index is 1.21. The second-order valence-electron chi connectivity index (χ2n) is 8.25. The summed E-state index contributed by atoms with van der Waals surface area (Å²) in [7, 11) is 0. The molecule has 5 aromatic heterocycles. The predicted octanol–water partition coefficient (Wildman–Crippen LogP) is 3.40. The minimum absolute atomic E-state index is 0.0473. The number of carbonyl (C=O) groups excluding carboxylic acids is 1. The van der Waals surface area contributed by atoms with Crippen molar-refractivity contribution in [3.8, 4) is 11.5 Å². The molecule has 1 aliphatic rings. The average Bonchev–Trinajstić information content (AvgIpc) is 3.58. The lowest BCUT2D eigenvalue weighted by Gasteiger charge is -2.34. The number of fused-ring (bicyclic) bond motifs is 2. The number of furan rings is 1. The molecule has 1 fully saturated rings. The van der Waals surface area contributed by atoms with Gasteiger partial charge >= 0.3 is 0 Å². The van der Waals surface area contributed by atoms with E-state index in [0.717, 1.165) is 31.0 Å². The summed E-state index contributed by atoms with van der Waals surface area (Å²) >= 11 is 0. The molecular weight excluding hydrogens is 420 g/mol. The second-order valence-corrected chi connectivity index (χ2v) is 8.25. The highest BCUT2D eigenvalue weighted by Gasteiger charge is 2.27. The van der Waals surface area contributed by atoms with E-state index in [4.69, 9.17) is 8.94 Å². The van der Waals surface area contributed by atoms with Gasteiger partial charge in [0, 0.05) is 45.1 Å². The molecule has 5 aromatic rings. The zero-order valence-electron chi connectivity index (χ0n) is 18.1. The maximum absolute atomic E-state index is 13.5. The monoisotopic (exact) mass is 442 g/mol. The van der Waals surface area contributed by atoms with Gasteiger partial charge in [-0.1, -0.05) is 11.2 Å². The number of nitrogens with zero attached hydrogens (tertiary/aromatic N) is 6. The number of hydrogen-bond donors (Lipinski definition) is 0. The molecule has 0 unspecified atom stereocenters. The summed E-state index contributed by atoms with van der Waals surface area (Å²) in [6.45, 7) is 5.41. The van der Waals surface area contributed by atoms with Crippen molar-refractivity contribution in [2.45, 2.75) is 13.5 Å². The van der Waals surface area contributed by atoms with Gasteiger partial charge in [-0.2, -0.15) is 0 Å². The molecular formula is C24H22N6O3. The molecule has 0 aromatic carbocycles. The summed E-state index contributed by atoms with van der Waals surface area (Å²) in [4.78, 5) is 26.9. The molecule has 0 spiro atoms. The number of piperazine rings is 1. The molecule has 9 heteroatoms. The Hall–Kier alpha value is -3.98. The van der Waals surface area contributed by atoms with Crippen LogP contribution in [0, 0.1) is 6.92 Å². The summed E-state index contributed by atoms with van der Waals surface area (Å²) in [6, 6.07) is 11.4. The normalized spacial score (nSPS) is 15.0. The highest BCUT2D eigenvalue weighted by molar-refractivity contribution is 6.06. The third-order valence-corrected chi connectivity index (χ3v) is 6.08. The van der Waals surface area contributed by atoms with Crippen molar-refractivity contribution in [2.24, 2.45) is 0 Å². The van der Waals surface area contributed by atoms with Gasteiger partial charge in [-0.15, -0.1) is 0 Å². The van der Waals surface area contributed by atoms with E-state index in [0.29, 0.717) is 46.9 Å². The number of carbonyl (C=O) groups is 1. The summed E-state index contributed by atoms with van der Waals surface area (Å²) in [5, 5.41) is 4.68. The molecule has 0 N–H and O–H groups in total. The van der Waals surface area contributed by atoms with E-state index in [-0.39, 0.29) is 5.91 Å². The van der Waals surface area contributed by atoms with Crippen LogP contribution in [0.1, 0.15) is 21.7 Å². The van der Waals surface area contributed by atoms with Gasteiger partial charge in [0.05, 0.1) is 28.6 Å². The number of hydrogen-bond acceptors (Lipinski definition) is 7. The van der Waals surface area contributed by atoms with Crippen molar-refractivity contribution in [1.29, 1.82) is 0 Å². The van der Waals surface area contributed by atoms with Crippen LogP contribution in [0.4, 0.5) is 0 Å². The van der Waals surface area contributed by atoms with Crippen molar-refractivity contribution in [3.63, 3.8) is 0 Å². The maximum Gasteiger partial charge on any atom is 0.259 e. The topological polar surface area (TPSA) is 92.9 Å². The Morgan fingerprint density at radius 3 is 2.76 bits per heavy atom. The number of imidazole rings is 1. The zero-order valence-corrected chi connectivity index (χ0v) is 18.1. The van der Waals surface area contributed by atoms with Crippen molar-refractivity contribution < 1.29 is 13.7 Å². The number of pyridine rings is 2. The van der Waals surface area contributed by atoms with Crippen LogP contribution in [0.3, 0.4) is 0 Å². The van der Waals surface area contributed by atoms with E-state index < -0.39 is 0 Å². The Kier molecular flexibility index (Phi) is 4.69. The molecule has 1 amide bonds. The van der Waals surface area contributed by atoms with Crippen LogP contribution < -0.4 is 0 Å². The van der Waals surface area contributed by atoms with Crippen molar-refractivity contribution in [1.82, 2.24) is 29.3 Å². The molecule has 0 radical (unpaired) electrons. The Bertz CT molecular complexity index is 1410. The smallest absolute Gasteiger partial charge is 0.259 e. The van der Waals surface area contributed by atoms with Gasteiger partial charge in [0.2, 0.25) is 0 Å². The molecule has 1 saturated heterocycles. The molecule has 0 aliphatic carbocycles. The van der Waals surface area contributed by atoms with Crippen molar-refractivity contribution >= 4 is 22.7 Å². The standard InChI is InChI=1S/C24H22N6O3/c1-16-22-18(13-19(20-5-4-12-32-20)26-23(22)33-27-16)24(31)29-10-8-28(9-11-29)14-17-15-30-7-3-2-6-21(30)25-17/h2-7,12-13,15H,8-11,14H2,1H3. The highest BCUT2D eigenvalue weighted by Crippen LogP contribution is 2.28. The van der Waals surface area contributed by atoms with E-state index in [2.05, 4.69) is 26.2 Å². The number of rotatable bonds is 4. The Morgan fingerprint density at radius 1 is 1.09 bits per heavy atom. The van der Waals surface area contributed by atoms with E-state index in [9.17, 15) is 4.79 Å². The van der Waals surface area contributed by atoms with Crippen LogP contribution in [0.25, 0.3) is 28.2 Å². The molecule has 0 saturated carbocycles. The zero-order chi connectivity index (χ0) is 22.4. The number of aryl methyl sites for hydroxylation is 1. The Labute approximate surface area is 189 Å². The quantitative estimate of drug-likeness (QED) is 0.421. The first-order valence-electron chi connectivity index (χ1n) is 10.9. The van der Waals surface area contributed by atoms with Crippen LogP contribution in [0.15, 0.2) is 64.0 Å². The maximum atomic E-state index is 13.5. The van der Waals surface area contributed by atoms with Gasteiger partial charge in [0.25, 0.3) is 11.6 Å². The third-order valence-electron chi connectivity index (χ3n) is 6.08. The number of amides is 1. The molecule has 1 aliphatic heterocycles. The van der Waals surface area contributed by atoms with Crippen LogP contribution in [-0.4, -0.2) is 61.4 Å². The SMILES string of the molecule is Cc1noc2nc(-c3ccco3)cc(C(=O)N3CCN(Cc4cn5ccccc5n4)CC3)c12. The lowest BCUT2D eigenvalue weighted by Crippen LogP contribution is -2.48. The van der Waals surface area contributed by atoms with Crippen LogP contribution in [-0.2, 0) is 6.54 Å². The fraction of sp³-hybridized carbons (Fsp3) is 0.250. The summed E-state index contributed by atoms with van der Waals surface area (Å²) in [5.41, 5.74) is 4.06. The molecule has 9 nitrogen and oxygen atoms in total. The first kappa shape index (κ1) is 19.7. The van der Waals surface area contributed by atoms with Crippen LogP contribution in [0.2, 0.25) is 0 Å². The fourth-order valence-corrected chi connectivity index (χ4v) is 4.39. The summed E-state index contributed by atoms with van der Waals surface area (Å²) in [5.74, 6) is 0.533. The van der Waals surface area contributed by atoms with Crippen LogP contribution >= 0.6 is 0 Å². The lowest BCUT2D eigenvalue weighted by atomic mass is 10.1. The second kappa shape index (κ2) is 7.86. The predicted molar refractivity (Wildman–Crippen MR) is 121 cm³/mol. The van der Waals surface area contributed by atoms with Gasteiger partial charge in [0.1, 0.15) is 11.3 Å². The van der Waals surface area contributed by atoms with Gasteiger partial charge in [-0.05, 0) is 37.3 Å². The molecule has 166 valence electrons. The van der Waals surface area contributed by atoms with Gasteiger partial charge in [-0.25, -0.2) is 9.97 Å². The van der Waals surface area contributed by atoms with E-state index in [1.807, 2.05) is 46.7 Å². The van der Waals surface area contributed by atoms with Crippen LogP contribution in [0.5, 0.6) is 0 Å². The number of aromatic nitrogens is 4. The summed E-state index contributed by atoms with van der Waals surface area (Å²) in [6.07, 6.45) is 5.64. The minimum Gasteiger partial charge on any atom is -0.463 e. The van der Waals surface area contributed by atoms with E-state index in [1.165, 1.54) is 0 Å². The third kappa shape index (κ3) is 3.56. The molecule has 6 rings (SSSR count). The first-order valence-corrected chi connectivity index (χ1v) is 10.9. The fourth-order valence-electron chi connectivity index (χ4n) is 4.39. The molecule has 33 heavy (non-hydrogen) atoms. The molecule has 0 atom stereocenters. The lowest BCUT2D eigenvalue weighted by molar-refractivity contribution is 0.0629. The Morgan fingerprint density at radius 2 is 1.97 bits per heavy atom. The minimum atomic E-state index is -0.0473. The molecule has 6 heterocycles. The van der Waals surface area contributed by atoms with Crippen molar-refractivity contribution in [2.75, 3.05) is 26.2 Å². The average molecular weight is 442 g/mol. The highest BCUT2D eigenvalue weighted by atomic mass is 16.5. The molecule has 0 bridgehead atoms. The summed E-state index contributed by atoms with van der Waals surface area (Å²) < 4.78 is 12.9. The van der Waals surface area contributed by atoms with E-state index >= 15 is 0 Å². The van der Waals surface area contributed by atoms with E-state index in [1.54, 1.807) is 18.4 Å². The van der Waals surface area contributed by atoms with Crippen molar-refractivity contribution in [3.05, 3.63) is 72.0 Å². The largest absolute Gasteiger partial charge is 0.463 e. The van der Waals surface area contributed by atoms with Gasteiger partial charge < -0.3 is 18.2 Å².